The summed E-state index contributed by atoms with van der Waals surface area (Å²) in [5.41, 5.74) is 0.991. The summed E-state index contributed by atoms with van der Waals surface area (Å²) in [6, 6.07) is 0.916. The van der Waals surface area contributed by atoms with E-state index in [1.54, 1.807) is 12.4 Å². The standard InChI is InChI=1S/C17H16F2N6O2/c18-11-5-12-14(13(19)15(11)26)25(23-22-12)16-20-6-10(7-21-16)24-8-17(9-24)1-3-27-4-2-17/h5-7,26H,1-4,8-9H2. The van der Waals surface area contributed by atoms with Gasteiger partial charge in [-0.2, -0.15) is 4.68 Å². The summed E-state index contributed by atoms with van der Waals surface area (Å²) < 4.78 is 34.2. The number of phenolic OH excluding ortho intramolecular Hbond substituents is 1. The van der Waals surface area contributed by atoms with Gasteiger partial charge in [0, 0.05) is 37.8 Å². The average molecular weight is 374 g/mol. The van der Waals surface area contributed by atoms with E-state index in [1.807, 2.05) is 0 Å². The largest absolute Gasteiger partial charge is 0.503 e. The molecule has 0 radical (unpaired) electrons. The summed E-state index contributed by atoms with van der Waals surface area (Å²) in [5, 5.41) is 17.0. The lowest BCUT2D eigenvalue weighted by Gasteiger charge is -2.53. The Hall–Kier alpha value is -2.88. The second-order valence-corrected chi connectivity index (χ2v) is 7.10. The third kappa shape index (κ3) is 2.51. The Bertz CT molecular complexity index is 1010. The van der Waals surface area contributed by atoms with Crippen molar-refractivity contribution in [1.29, 1.82) is 0 Å². The van der Waals surface area contributed by atoms with Crippen molar-refractivity contribution in [1.82, 2.24) is 25.0 Å². The third-order valence-electron chi connectivity index (χ3n) is 5.39. The highest BCUT2D eigenvalue weighted by atomic mass is 19.1. The maximum Gasteiger partial charge on any atom is 0.252 e. The molecule has 2 saturated heterocycles. The lowest BCUT2D eigenvalue weighted by atomic mass is 9.73. The Morgan fingerprint density at radius 2 is 1.81 bits per heavy atom. The first-order valence-corrected chi connectivity index (χ1v) is 8.64. The summed E-state index contributed by atoms with van der Waals surface area (Å²) in [6.45, 7) is 3.49. The molecule has 0 saturated carbocycles. The lowest BCUT2D eigenvalue weighted by molar-refractivity contribution is -0.000230. The molecule has 2 aromatic heterocycles. The minimum atomic E-state index is -1.15. The predicted molar refractivity (Wildman–Crippen MR) is 90.7 cm³/mol. The van der Waals surface area contributed by atoms with E-state index in [9.17, 15) is 13.9 Å². The quantitative estimate of drug-likeness (QED) is 0.732. The summed E-state index contributed by atoms with van der Waals surface area (Å²) in [4.78, 5) is 10.7. The van der Waals surface area contributed by atoms with Crippen LogP contribution in [0.1, 0.15) is 12.8 Å². The average Bonchev–Trinajstić information content (AvgIpc) is 3.09. The molecule has 1 aromatic carbocycles. The summed E-state index contributed by atoms with van der Waals surface area (Å²) in [6.07, 6.45) is 5.41. The van der Waals surface area contributed by atoms with Gasteiger partial charge in [0.1, 0.15) is 11.0 Å². The van der Waals surface area contributed by atoms with E-state index in [-0.39, 0.29) is 17.0 Å². The van der Waals surface area contributed by atoms with Crippen LogP contribution in [0.3, 0.4) is 0 Å². The number of ether oxygens (including phenoxy) is 1. The zero-order valence-corrected chi connectivity index (χ0v) is 14.3. The molecule has 4 heterocycles. The van der Waals surface area contributed by atoms with E-state index in [1.165, 1.54) is 0 Å². The second-order valence-electron chi connectivity index (χ2n) is 7.10. The van der Waals surface area contributed by atoms with Gasteiger partial charge in [-0.3, -0.25) is 0 Å². The SMILES string of the molecule is Oc1c(F)cc2nnn(-c3ncc(N4CC5(CCOCC5)C4)cn3)c2c1F. The van der Waals surface area contributed by atoms with Crippen molar-refractivity contribution in [3.05, 3.63) is 30.1 Å². The fraction of sp³-hybridized carbons (Fsp3) is 0.412. The number of fused-ring (bicyclic) bond motifs is 1. The van der Waals surface area contributed by atoms with E-state index in [0.717, 1.165) is 55.6 Å². The maximum absolute atomic E-state index is 14.2. The molecule has 27 heavy (non-hydrogen) atoms. The van der Waals surface area contributed by atoms with Crippen molar-refractivity contribution in [3.8, 4) is 11.7 Å². The Labute approximate surface area is 152 Å². The van der Waals surface area contributed by atoms with Crippen LogP contribution in [0.5, 0.6) is 5.75 Å². The van der Waals surface area contributed by atoms with Crippen LogP contribution in [0.4, 0.5) is 14.5 Å². The molecule has 5 rings (SSSR count). The van der Waals surface area contributed by atoms with Crippen molar-refractivity contribution in [3.63, 3.8) is 0 Å². The summed E-state index contributed by atoms with van der Waals surface area (Å²) in [5.74, 6) is -3.23. The number of hydrogen-bond donors (Lipinski definition) is 1. The smallest absolute Gasteiger partial charge is 0.252 e. The van der Waals surface area contributed by atoms with E-state index in [4.69, 9.17) is 4.74 Å². The van der Waals surface area contributed by atoms with Gasteiger partial charge in [0.05, 0.1) is 18.1 Å². The van der Waals surface area contributed by atoms with Crippen LogP contribution in [-0.2, 0) is 4.74 Å². The number of hydrogen-bond acceptors (Lipinski definition) is 7. The van der Waals surface area contributed by atoms with Gasteiger partial charge in [-0.1, -0.05) is 5.21 Å². The Morgan fingerprint density at radius 3 is 2.52 bits per heavy atom. The van der Waals surface area contributed by atoms with Crippen LogP contribution >= 0.6 is 0 Å². The topological polar surface area (TPSA) is 89.2 Å². The first-order valence-electron chi connectivity index (χ1n) is 8.64. The van der Waals surface area contributed by atoms with Gasteiger partial charge < -0.3 is 14.7 Å². The molecule has 3 aromatic rings. The van der Waals surface area contributed by atoms with E-state index >= 15 is 0 Å². The first-order chi connectivity index (χ1) is 13.1. The van der Waals surface area contributed by atoms with Crippen molar-refractivity contribution in [2.45, 2.75) is 12.8 Å². The number of halogens is 2. The third-order valence-corrected chi connectivity index (χ3v) is 5.39. The van der Waals surface area contributed by atoms with E-state index < -0.39 is 17.4 Å². The highest BCUT2D eigenvalue weighted by Crippen LogP contribution is 2.41. The Balaban J connectivity index is 1.41. The van der Waals surface area contributed by atoms with Gasteiger partial charge in [-0.25, -0.2) is 18.7 Å². The lowest BCUT2D eigenvalue weighted by Crippen LogP contribution is -2.58. The molecule has 8 nitrogen and oxygen atoms in total. The molecular weight excluding hydrogens is 358 g/mol. The molecule has 1 spiro atoms. The minimum absolute atomic E-state index is 0.0281. The molecule has 0 unspecified atom stereocenters. The van der Waals surface area contributed by atoms with Gasteiger partial charge in [0.15, 0.2) is 17.4 Å². The zero-order valence-electron chi connectivity index (χ0n) is 14.3. The minimum Gasteiger partial charge on any atom is -0.503 e. The Morgan fingerprint density at radius 1 is 1.11 bits per heavy atom. The highest BCUT2D eigenvalue weighted by Gasteiger charge is 2.44. The number of rotatable bonds is 2. The molecule has 140 valence electrons. The number of phenols is 1. The number of nitrogens with zero attached hydrogens (tertiary/aromatic N) is 6. The van der Waals surface area contributed by atoms with Crippen molar-refractivity contribution in [2.24, 2.45) is 5.41 Å². The monoisotopic (exact) mass is 374 g/mol. The molecular formula is C17H16F2N6O2. The van der Waals surface area contributed by atoms with Crippen molar-refractivity contribution in [2.75, 3.05) is 31.2 Å². The van der Waals surface area contributed by atoms with Gasteiger partial charge in [0.25, 0.3) is 5.95 Å². The van der Waals surface area contributed by atoms with Crippen LogP contribution in [0.2, 0.25) is 0 Å². The predicted octanol–water partition coefficient (Wildman–Crippen LogP) is 1.81. The van der Waals surface area contributed by atoms with Gasteiger partial charge in [0.2, 0.25) is 0 Å². The fourth-order valence-electron chi connectivity index (χ4n) is 3.80. The Kier molecular flexibility index (Phi) is 3.51. The summed E-state index contributed by atoms with van der Waals surface area (Å²) >= 11 is 0. The van der Waals surface area contributed by atoms with Gasteiger partial charge in [-0.15, -0.1) is 5.10 Å². The zero-order chi connectivity index (χ0) is 18.6. The van der Waals surface area contributed by atoms with Gasteiger partial charge in [-0.05, 0) is 12.8 Å². The normalized spacial score (nSPS) is 18.8. The first kappa shape index (κ1) is 16.3. The molecule has 0 atom stereocenters. The number of aromatic nitrogens is 5. The van der Waals surface area contributed by atoms with Crippen molar-refractivity contribution >= 4 is 16.7 Å². The highest BCUT2D eigenvalue weighted by molar-refractivity contribution is 5.78. The number of benzene rings is 1. The molecule has 0 aliphatic carbocycles. The molecule has 2 aliphatic heterocycles. The maximum atomic E-state index is 14.2. The fourth-order valence-corrected chi connectivity index (χ4v) is 3.80. The molecule has 2 aliphatic rings. The summed E-state index contributed by atoms with van der Waals surface area (Å²) in [7, 11) is 0. The van der Waals surface area contributed by atoms with Crippen molar-refractivity contribution < 1.29 is 18.6 Å². The molecule has 0 bridgehead atoms. The van der Waals surface area contributed by atoms with Crippen LogP contribution in [0.15, 0.2) is 18.5 Å². The molecule has 2 fully saturated rings. The molecule has 0 amide bonds. The van der Waals surface area contributed by atoms with E-state index in [2.05, 4.69) is 25.2 Å². The number of aromatic hydroxyl groups is 1. The van der Waals surface area contributed by atoms with Crippen LogP contribution < -0.4 is 4.90 Å². The van der Waals surface area contributed by atoms with Crippen LogP contribution in [0, 0.1) is 17.0 Å². The molecule has 10 heteroatoms. The van der Waals surface area contributed by atoms with Crippen LogP contribution in [-0.4, -0.2) is 56.4 Å². The molecule has 1 N–H and O–H groups in total. The van der Waals surface area contributed by atoms with E-state index in [0.29, 0.717) is 5.41 Å². The number of anilines is 1. The van der Waals surface area contributed by atoms with Gasteiger partial charge >= 0.3 is 0 Å². The van der Waals surface area contributed by atoms with Crippen LogP contribution in [0.25, 0.3) is 17.0 Å². The second kappa shape index (κ2) is 5.81.